The molecule has 9 heteroatoms. The highest BCUT2D eigenvalue weighted by atomic mass is 16.3. The number of phenolic OH excluding ortho intramolecular Hbond substituents is 1. The molecule has 2 saturated carbocycles. The Kier molecular flexibility index (Phi) is 5.26. The summed E-state index contributed by atoms with van der Waals surface area (Å²) in [5, 5.41) is 21.9. The van der Waals surface area contributed by atoms with E-state index in [1.807, 2.05) is 0 Å². The average Bonchev–Trinajstić information content (AvgIpc) is 2.72. The van der Waals surface area contributed by atoms with Gasteiger partial charge in [0.2, 0.25) is 5.91 Å². The van der Waals surface area contributed by atoms with Gasteiger partial charge in [0, 0.05) is 11.5 Å². The number of ketones is 4. The number of Topliss-reactive ketones (excluding diaryl/α,β-unsaturated/α-hetero) is 4. The van der Waals surface area contributed by atoms with E-state index >= 15 is 0 Å². The van der Waals surface area contributed by atoms with Crippen LogP contribution in [0.15, 0.2) is 12.1 Å². The molecule has 0 aliphatic heterocycles. The van der Waals surface area contributed by atoms with Gasteiger partial charge in [0.1, 0.15) is 5.75 Å². The topological polar surface area (TPSA) is 155 Å². The number of aromatic hydroxyl groups is 1. The molecule has 4 rings (SSSR count). The van der Waals surface area contributed by atoms with E-state index in [2.05, 4.69) is 11.8 Å². The van der Waals surface area contributed by atoms with E-state index in [9.17, 15) is 34.2 Å². The second-order valence-corrected chi connectivity index (χ2v) is 9.15. The monoisotopic (exact) mass is 452 g/mol. The molecule has 1 aromatic carbocycles. The third-order valence-corrected chi connectivity index (χ3v) is 7.20. The summed E-state index contributed by atoms with van der Waals surface area (Å²) in [6, 6.07) is 1.79. The Morgan fingerprint density at radius 3 is 2.42 bits per heavy atom. The molecule has 0 spiro atoms. The van der Waals surface area contributed by atoms with Crippen molar-refractivity contribution in [3.8, 4) is 17.6 Å². The standard InChI is InChI=1S/C24H24N2O7/c1-4-5-10-6-7-14(27)16-12(10)8-11-9-13-18(26(2)3)20(29)17(23(25)32)22(31)24(13,33)21(30)15(11)19(16)28/h6-7,11,13,15,17-18,27,33H,8-9H2,1-3H3,(H2,25,32)/t11-,13-,15?,17?,18-,24-/m0/s1. The number of carbonyl (C=O) groups excluding carboxylic acids is 5. The number of aliphatic hydroxyl groups is 1. The summed E-state index contributed by atoms with van der Waals surface area (Å²) < 4.78 is 0. The Labute approximate surface area is 189 Å². The van der Waals surface area contributed by atoms with Crippen LogP contribution in [0.4, 0.5) is 0 Å². The largest absolute Gasteiger partial charge is 0.507 e. The van der Waals surface area contributed by atoms with Crippen LogP contribution < -0.4 is 5.73 Å². The molecule has 4 N–H and O–H groups in total. The van der Waals surface area contributed by atoms with Crippen LogP contribution in [0.25, 0.3) is 0 Å². The first-order valence-corrected chi connectivity index (χ1v) is 10.6. The lowest BCUT2D eigenvalue weighted by Crippen LogP contribution is -2.74. The van der Waals surface area contributed by atoms with Gasteiger partial charge in [-0.2, -0.15) is 0 Å². The third kappa shape index (κ3) is 2.98. The van der Waals surface area contributed by atoms with Crippen molar-refractivity contribution < 1.29 is 34.2 Å². The molecular formula is C24H24N2O7. The van der Waals surface area contributed by atoms with Crippen molar-refractivity contribution >= 4 is 29.0 Å². The van der Waals surface area contributed by atoms with Crippen molar-refractivity contribution in [1.82, 2.24) is 4.90 Å². The number of hydrogen-bond acceptors (Lipinski definition) is 8. The molecule has 0 bridgehead atoms. The first kappa shape index (κ1) is 22.8. The van der Waals surface area contributed by atoms with Crippen LogP contribution >= 0.6 is 0 Å². The summed E-state index contributed by atoms with van der Waals surface area (Å²) >= 11 is 0. The molecule has 1 aromatic rings. The Morgan fingerprint density at radius 1 is 1.18 bits per heavy atom. The number of nitrogens with zero attached hydrogens (tertiary/aromatic N) is 1. The molecule has 0 aromatic heterocycles. The Hall–Kier alpha value is -3.35. The predicted octanol–water partition coefficient (Wildman–Crippen LogP) is -0.762. The summed E-state index contributed by atoms with van der Waals surface area (Å²) in [6.45, 7) is 1.63. The molecule has 3 aliphatic rings. The fourth-order valence-electron chi connectivity index (χ4n) is 5.86. The number of phenols is 1. The number of hydrogen-bond donors (Lipinski definition) is 3. The van der Waals surface area contributed by atoms with Crippen LogP contribution in [0.1, 0.15) is 34.8 Å². The number of carbonyl (C=O) groups is 5. The predicted molar refractivity (Wildman–Crippen MR) is 114 cm³/mol. The lowest BCUT2D eigenvalue weighted by Gasteiger charge is -2.52. The maximum absolute atomic E-state index is 13.6. The van der Waals surface area contributed by atoms with Crippen LogP contribution in [-0.2, 0) is 25.6 Å². The normalized spacial score (nSPS) is 33.1. The van der Waals surface area contributed by atoms with Gasteiger partial charge in [-0.15, -0.1) is 5.92 Å². The highest BCUT2D eigenvalue weighted by molar-refractivity contribution is 6.32. The molecule has 3 aliphatic carbocycles. The fraction of sp³-hybridized carbons (Fsp3) is 0.458. The van der Waals surface area contributed by atoms with Crippen LogP contribution in [-0.4, -0.2) is 69.9 Å². The molecule has 172 valence electrons. The number of benzene rings is 1. The Bertz CT molecular complexity index is 1190. The van der Waals surface area contributed by atoms with E-state index in [1.54, 1.807) is 27.1 Å². The maximum atomic E-state index is 13.6. The minimum atomic E-state index is -2.71. The van der Waals surface area contributed by atoms with Gasteiger partial charge in [0.05, 0.1) is 17.5 Å². The van der Waals surface area contributed by atoms with E-state index in [0.717, 1.165) is 0 Å². The fourth-order valence-corrected chi connectivity index (χ4v) is 5.86. The molecule has 6 atom stereocenters. The first-order chi connectivity index (χ1) is 15.5. The van der Waals surface area contributed by atoms with Crippen molar-refractivity contribution in [1.29, 1.82) is 0 Å². The number of primary amides is 1. The lowest BCUT2D eigenvalue weighted by atomic mass is 9.52. The first-order valence-electron chi connectivity index (χ1n) is 10.6. The summed E-state index contributed by atoms with van der Waals surface area (Å²) in [4.78, 5) is 66.6. The average molecular weight is 452 g/mol. The number of likely N-dealkylation sites (N-methyl/N-ethyl adjacent to an activating group) is 1. The van der Waals surface area contributed by atoms with Crippen molar-refractivity contribution in [3.63, 3.8) is 0 Å². The number of nitrogens with two attached hydrogens (primary N) is 1. The zero-order valence-electron chi connectivity index (χ0n) is 18.4. The van der Waals surface area contributed by atoms with Crippen LogP contribution in [0.2, 0.25) is 0 Å². The smallest absolute Gasteiger partial charge is 0.235 e. The van der Waals surface area contributed by atoms with Crippen LogP contribution in [0.3, 0.4) is 0 Å². The highest BCUT2D eigenvalue weighted by Gasteiger charge is 2.69. The number of amides is 1. The summed E-state index contributed by atoms with van der Waals surface area (Å²) in [5.74, 6) is -4.87. The number of fused-ring (bicyclic) bond motifs is 3. The van der Waals surface area contributed by atoms with E-state index in [4.69, 9.17) is 5.73 Å². The summed E-state index contributed by atoms with van der Waals surface area (Å²) in [6.07, 6.45) is 0.211. The zero-order valence-corrected chi connectivity index (χ0v) is 18.4. The van der Waals surface area contributed by atoms with Crippen molar-refractivity contribution in [2.45, 2.75) is 31.4 Å². The molecule has 33 heavy (non-hydrogen) atoms. The van der Waals surface area contributed by atoms with E-state index in [-0.39, 0.29) is 24.2 Å². The minimum Gasteiger partial charge on any atom is -0.507 e. The van der Waals surface area contributed by atoms with Gasteiger partial charge in [-0.1, -0.05) is 5.92 Å². The van der Waals surface area contributed by atoms with Gasteiger partial charge < -0.3 is 15.9 Å². The van der Waals surface area contributed by atoms with Gasteiger partial charge in [-0.05, 0) is 57.5 Å². The number of rotatable bonds is 2. The minimum absolute atomic E-state index is 0.0124. The van der Waals surface area contributed by atoms with Crippen molar-refractivity contribution in [2.75, 3.05) is 14.1 Å². The van der Waals surface area contributed by atoms with Gasteiger partial charge in [0.25, 0.3) is 0 Å². The Morgan fingerprint density at radius 2 is 1.85 bits per heavy atom. The molecule has 1 amide bonds. The van der Waals surface area contributed by atoms with E-state index < -0.39 is 64.4 Å². The molecular weight excluding hydrogens is 428 g/mol. The van der Waals surface area contributed by atoms with Gasteiger partial charge in [-0.25, -0.2) is 0 Å². The third-order valence-electron chi connectivity index (χ3n) is 7.20. The summed E-state index contributed by atoms with van der Waals surface area (Å²) in [7, 11) is 3.09. The SMILES string of the molecule is CC#Cc1ccc(O)c2c1C[C@H]1C[C@H]3[C@H](N(C)C)C(=O)C(C(N)=O)C(=O)[C@@]3(O)C(=O)C1C2=O. The second-order valence-electron chi connectivity index (χ2n) is 9.15. The van der Waals surface area contributed by atoms with Crippen molar-refractivity contribution in [3.05, 3.63) is 28.8 Å². The molecule has 0 saturated heterocycles. The molecule has 2 unspecified atom stereocenters. The maximum Gasteiger partial charge on any atom is 0.235 e. The lowest BCUT2D eigenvalue weighted by molar-refractivity contribution is -0.181. The van der Waals surface area contributed by atoms with E-state index in [1.165, 1.54) is 11.0 Å². The zero-order chi connectivity index (χ0) is 24.4. The molecule has 0 radical (unpaired) electrons. The van der Waals surface area contributed by atoms with Gasteiger partial charge >= 0.3 is 0 Å². The molecule has 2 fully saturated rings. The highest BCUT2D eigenvalue weighted by Crippen LogP contribution is 2.50. The second kappa shape index (κ2) is 7.61. The van der Waals surface area contributed by atoms with Crippen LogP contribution in [0, 0.1) is 35.5 Å². The van der Waals surface area contributed by atoms with E-state index in [0.29, 0.717) is 11.1 Å². The van der Waals surface area contributed by atoms with Crippen LogP contribution in [0.5, 0.6) is 5.75 Å². The van der Waals surface area contributed by atoms with Gasteiger partial charge in [-0.3, -0.25) is 28.9 Å². The van der Waals surface area contributed by atoms with Crippen molar-refractivity contribution in [2.24, 2.45) is 29.4 Å². The summed E-state index contributed by atoms with van der Waals surface area (Å²) in [5.41, 5.74) is 3.56. The molecule has 0 heterocycles. The Balaban J connectivity index is 1.89. The molecule has 9 nitrogen and oxygen atoms in total. The quantitative estimate of drug-likeness (QED) is 0.391. The van der Waals surface area contributed by atoms with Gasteiger partial charge in [0.15, 0.2) is 34.7 Å².